The first-order chi connectivity index (χ1) is 17.4. The Bertz CT molecular complexity index is 1100. The molecule has 0 fully saturated rings. The second-order valence-electron chi connectivity index (χ2n) is 9.30. The molecule has 0 aliphatic rings. The number of amides is 3. The maximum atomic E-state index is 13.6. The highest BCUT2D eigenvalue weighted by Gasteiger charge is 2.24. The molecule has 7 heteroatoms. The van der Waals surface area contributed by atoms with Gasteiger partial charge in [-0.15, -0.1) is 0 Å². The van der Waals surface area contributed by atoms with E-state index in [0.717, 1.165) is 29.7 Å². The minimum Gasteiger partial charge on any atom is -0.345 e. The Morgan fingerprint density at radius 1 is 0.944 bits per heavy atom. The molecule has 2 aromatic carbocycles. The van der Waals surface area contributed by atoms with Crippen LogP contribution in [-0.4, -0.2) is 45.4 Å². The SMILES string of the molecule is CCCCNC(=O)N(CC(=O)N(Cc1ccccc1)Cc1cccn1Cc1ccc(F)cc1)C(C)C. The van der Waals surface area contributed by atoms with Crippen molar-refractivity contribution in [3.8, 4) is 0 Å². The van der Waals surface area contributed by atoms with Gasteiger partial charge < -0.3 is 19.7 Å². The van der Waals surface area contributed by atoms with Crippen molar-refractivity contribution in [3.05, 3.63) is 95.6 Å². The van der Waals surface area contributed by atoms with Crippen molar-refractivity contribution < 1.29 is 14.0 Å². The first-order valence-electron chi connectivity index (χ1n) is 12.6. The van der Waals surface area contributed by atoms with Crippen molar-refractivity contribution in [2.75, 3.05) is 13.1 Å². The van der Waals surface area contributed by atoms with Crippen LogP contribution >= 0.6 is 0 Å². The quantitative estimate of drug-likeness (QED) is 0.343. The van der Waals surface area contributed by atoms with E-state index >= 15 is 0 Å². The summed E-state index contributed by atoms with van der Waals surface area (Å²) in [5.41, 5.74) is 2.96. The molecule has 0 aliphatic heterocycles. The molecule has 3 aromatic rings. The number of benzene rings is 2. The van der Waals surface area contributed by atoms with Gasteiger partial charge in [0.1, 0.15) is 12.4 Å². The van der Waals surface area contributed by atoms with E-state index in [-0.39, 0.29) is 30.3 Å². The van der Waals surface area contributed by atoms with E-state index < -0.39 is 0 Å². The third-order valence-corrected chi connectivity index (χ3v) is 6.11. The zero-order valence-electron chi connectivity index (χ0n) is 21.5. The van der Waals surface area contributed by atoms with Gasteiger partial charge in [0.2, 0.25) is 5.91 Å². The van der Waals surface area contributed by atoms with Crippen LogP contribution in [0.1, 0.15) is 50.4 Å². The maximum absolute atomic E-state index is 13.6. The van der Waals surface area contributed by atoms with Crippen molar-refractivity contribution >= 4 is 11.9 Å². The molecule has 0 radical (unpaired) electrons. The highest BCUT2D eigenvalue weighted by atomic mass is 19.1. The lowest BCUT2D eigenvalue weighted by molar-refractivity contribution is -0.133. The molecular weight excluding hydrogens is 455 g/mol. The van der Waals surface area contributed by atoms with Crippen molar-refractivity contribution in [3.63, 3.8) is 0 Å². The monoisotopic (exact) mass is 492 g/mol. The van der Waals surface area contributed by atoms with E-state index in [1.165, 1.54) is 12.1 Å². The van der Waals surface area contributed by atoms with Crippen LogP contribution < -0.4 is 5.32 Å². The predicted octanol–water partition coefficient (Wildman–Crippen LogP) is 5.42. The fraction of sp³-hybridized carbons (Fsp3) is 0.379. The van der Waals surface area contributed by atoms with Crippen molar-refractivity contribution in [1.82, 2.24) is 19.7 Å². The van der Waals surface area contributed by atoms with Crippen molar-refractivity contribution in [2.45, 2.75) is 59.3 Å². The summed E-state index contributed by atoms with van der Waals surface area (Å²) in [6.45, 7) is 7.91. The normalized spacial score (nSPS) is 10.9. The van der Waals surface area contributed by atoms with Gasteiger partial charge in [0.25, 0.3) is 0 Å². The Kier molecular flexibility index (Phi) is 10.1. The Morgan fingerprint density at radius 2 is 1.67 bits per heavy atom. The fourth-order valence-corrected chi connectivity index (χ4v) is 3.97. The molecular formula is C29H37FN4O2. The lowest BCUT2D eigenvalue weighted by atomic mass is 10.2. The Hall–Kier alpha value is -3.61. The van der Waals surface area contributed by atoms with E-state index in [2.05, 4.69) is 16.8 Å². The molecule has 0 atom stereocenters. The molecule has 1 N–H and O–H groups in total. The van der Waals surface area contributed by atoms with Gasteiger partial charge in [-0.05, 0) is 55.7 Å². The van der Waals surface area contributed by atoms with Crippen molar-refractivity contribution in [2.24, 2.45) is 0 Å². The predicted molar refractivity (Wildman–Crippen MR) is 141 cm³/mol. The van der Waals surface area contributed by atoms with Crippen LogP contribution in [0.2, 0.25) is 0 Å². The number of unbranched alkanes of at least 4 members (excludes halogenated alkanes) is 1. The summed E-state index contributed by atoms with van der Waals surface area (Å²) in [6, 6.07) is 19.9. The first-order valence-corrected chi connectivity index (χ1v) is 12.6. The standard InChI is InChI=1S/C29H37FN4O2/c1-4-5-17-31-29(36)34(23(2)3)22-28(35)33(20-24-10-7-6-8-11-24)21-27-12-9-18-32(27)19-25-13-15-26(30)16-14-25/h6-16,18,23H,4-5,17,19-22H2,1-3H3,(H,31,36). The third kappa shape index (κ3) is 7.97. The highest BCUT2D eigenvalue weighted by Crippen LogP contribution is 2.15. The van der Waals surface area contributed by atoms with E-state index in [4.69, 9.17) is 0 Å². The molecule has 36 heavy (non-hydrogen) atoms. The number of nitrogens with one attached hydrogen (secondary N) is 1. The van der Waals surface area contributed by atoms with Gasteiger partial charge in [-0.25, -0.2) is 9.18 Å². The molecule has 0 saturated heterocycles. The van der Waals surface area contributed by atoms with Crippen LogP contribution in [0, 0.1) is 5.82 Å². The number of halogens is 1. The molecule has 192 valence electrons. The molecule has 1 heterocycles. The second kappa shape index (κ2) is 13.5. The number of hydrogen-bond acceptors (Lipinski definition) is 2. The van der Waals surface area contributed by atoms with Gasteiger partial charge >= 0.3 is 6.03 Å². The summed E-state index contributed by atoms with van der Waals surface area (Å²) in [5.74, 6) is -0.382. The summed E-state index contributed by atoms with van der Waals surface area (Å²) in [7, 11) is 0. The first kappa shape index (κ1) is 27.0. The summed E-state index contributed by atoms with van der Waals surface area (Å²) < 4.78 is 15.4. The summed E-state index contributed by atoms with van der Waals surface area (Å²) >= 11 is 0. The van der Waals surface area contributed by atoms with Crippen LogP contribution in [0.4, 0.5) is 9.18 Å². The number of carbonyl (C=O) groups is 2. The average molecular weight is 493 g/mol. The van der Waals surface area contributed by atoms with Crippen LogP contribution in [0.3, 0.4) is 0 Å². The zero-order valence-corrected chi connectivity index (χ0v) is 21.5. The van der Waals surface area contributed by atoms with Crippen LogP contribution in [0.15, 0.2) is 72.9 Å². The largest absolute Gasteiger partial charge is 0.345 e. The van der Waals surface area contributed by atoms with Crippen LogP contribution in [-0.2, 0) is 24.4 Å². The van der Waals surface area contributed by atoms with Gasteiger partial charge in [-0.3, -0.25) is 4.79 Å². The smallest absolute Gasteiger partial charge is 0.318 e. The number of nitrogens with zero attached hydrogens (tertiary/aromatic N) is 3. The summed E-state index contributed by atoms with van der Waals surface area (Å²) in [5, 5.41) is 2.93. The van der Waals surface area contributed by atoms with E-state index in [0.29, 0.717) is 26.2 Å². The minimum atomic E-state index is -0.264. The number of urea groups is 1. The second-order valence-corrected chi connectivity index (χ2v) is 9.30. The van der Waals surface area contributed by atoms with Gasteiger partial charge in [0.15, 0.2) is 0 Å². The summed E-state index contributed by atoms with van der Waals surface area (Å²) in [6.07, 6.45) is 3.85. The molecule has 3 amide bonds. The zero-order chi connectivity index (χ0) is 25.9. The van der Waals surface area contributed by atoms with Gasteiger partial charge in [0, 0.05) is 37.6 Å². The van der Waals surface area contributed by atoms with Gasteiger partial charge in [-0.1, -0.05) is 55.8 Å². The van der Waals surface area contributed by atoms with E-state index in [1.54, 1.807) is 21.9 Å². The topological polar surface area (TPSA) is 57.6 Å². The van der Waals surface area contributed by atoms with Crippen LogP contribution in [0.5, 0.6) is 0 Å². The molecule has 0 aliphatic carbocycles. The van der Waals surface area contributed by atoms with Gasteiger partial charge in [-0.2, -0.15) is 0 Å². The van der Waals surface area contributed by atoms with Crippen LogP contribution in [0.25, 0.3) is 0 Å². The number of aromatic nitrogens is 1. The summed E-state index contributed by atoms with van der Waals surface area (Å²) in [4.78, 5) is 29.8. The molecule has 1 aromatic heterocycles. The van der Waals surface area contributed by atoms with E-state index in [9.17, 15) is 14.0 Å². The van der Waals surface area contributed by atoms with Crippen molar-refractivity contribution in [1.29, 1.82) is 0 Å². The Labute approximate surface area is 213 Å². The lowest BCUT2D eigenvalue weighted by Crippen LogP contribution is -2.49. The lowest BCUT2D eigenvalue weighted by Gasteiger charge is -2.30. The number of rotatable bonds is 12. The fourth-order valence-electron chi connectivity index (χ4n) is 3.97. The maximum Gasteiger partial charge on any atom is 0.318 e. The minimum absolute atomic E-state index is 0.00112. The third-order valence-electron chi connectivity index (χ3n) is 6.11. The molecule has 0 bridgehead atoms. The molecule has 0 unspecified atom stereocenters. The van der Waals surface area contributed by atoms with Gasteiger partial charge in [0.05, 0.1) is 6.54 Å². The average Bonchev–Trinajstić information content (AvgIpc) is 3.30. The molecule has 6 nitrogen and oxygen atoms in total. The van der Waals surface area contributed by atoms with E-state index in [1.807, 2.05) is 62.5 Å². The molecule has 0 saturated carbocycles. The highest BCUT2D eigenvalue weighted by molar-refractivity contribution is 5.84. The Balaban J connectivity index is 1.78. The number of hydrogen-bond donors (Lipinski definition) is 1. The Morgan fingerprint density at radius 3 is 2.33 bits per heavy atom. The molecule has 3 rings (SSSR count). The number of carbonyl (C=O) groups excluding carboxylic acids is 2. The molecule has 0 spiro atoms.